The lowest BCUT2D eigenvalue weighted by atomic mass is 10.1. The molecule has 150 valence electrons. The molecule has 6 nitrogen and oxygen atoms in total. The van der Waals surface area contributed by atoms with Crippen LogP contribution in [0.2, 0.25) is 0 Å². The number of benzene rings is 2. The molecule has 2 aromatic carbocycles. The molecule has 29 heavy (non-hydrogen) atoms. The number of aryl methyl sites for hydroxylation is 1. The minimum absolute atomic E-state index is 0.0879. The number of methoxy groups -OCH3 is 2. The Balaban J connectivity index is 1.59. The fraction of sp³-hybridized carbons (Fsp3) is 0.227. The third-order valence-electron chi connectivity index (χ3n) is 4.15. The van der Waals surface area contributed by atoms with Gasteiger partial charge in [0.15, 0.2) is 0 Å². The van der Waals surface area contributed by atoms with Crippen molar-refractivity contribution in [3.8, 4) is 22.8 Å². The molecule has 0 unspecified atom stereocenters. The Morgan fingerprint density at radius 3 is 2.55 bits per heavy atom. The van der Waals surface area contributed by atoms with Crippen LogP contribution < -0.4 is 14.8 Å². The number of hydrogen-bond donors (Lipinski definition) is 1. The van der Waals surface area contributed by atoms with Gasteiger partial charge < -0.3 is 14.8 Å². The van der Waals surface area contributed by atoms with Gasteiger partial charge in [0.25, 0.3) is 0 Å². The molecule has 1 heterocycles. The third-order valence-corrected chi connectivity index (χ3v) is 5.06. The van der Waals surface area contributed by atoms with Gasteiger partial charge in [0.2, 0.25) is 5.91 Å². The van der Waals surface area contributed by atoms with Crippen molar-refractivity contribution in [2.24, 2.45) is 0 Å². The summed E-state index contributed by atoms with van der Waals surface area (Å²) in [5, 5.41) is 3.74. The zero-order chi connectivity index (χ0) is 20.6. The van der Waals surface area contributed by atoms with Crippen molar-refractivity contribution in [2.45, 2.75) is 18.4 Å². The number of thioether (sulfide) groups is 1. The van der Waals surface area contributed by atoms with Crippen LogP contribution in [0.1, 0.15) is 12.2 Å². The van der Waals surface area contributed by atoms with Crippen LogP contribution in [-0.4, -0.2) is 35.8 Å². The molecule has 0 fully saturated rings. The van der Waals surface area contributed by atoms with Crippen molar-refractivity contribution in [1.29, 1.82) is 0 Å². The molecule has 0 saturated heterocycles. The van der Waals surface area contributed by atoms with E-state index in [1.165, 1.54) is 11.8 Å². The summed E-state index contributed by atoms with van der Waals surface area (Å²) in [7, 11) is 3.14. The van der Waals surface area contributed by atoms with Crippen LogP contribution in [0.3, 0.4) is 0 Å². The molecular weight excluding hydrogens is 386 g/mol. The minimum atomic E-state index is -0.0879. The highest BCUT2D eigenvalue weighted by atomic mass is 32.2. The molecule has 0 aliphatic rings. The van der Waals surface area contributed by atoms with Crippen LogP contribution in [0, 0.1) is 6.92 Å². The van der Waals surface area contributed by atoms with E-state index >= 15 is 0 Å². The maximum Gasteiger partial charge on any atom is 0.225 e. The van der Waals surface area contributed by atoms with E-state index in [4.69, 9.17) is 9.47 Å². The molecule has 0 spiro atoms. The van der Waals surface area contributed by atoms with E-state index in [2.05, 4.69) is 15.3 Å². The second-order valence-electron chi connectivity index (χ2n) is 6.22. The Hall–Kier alpha value is -3.06. The number of hydrogen-bond acceptors (Lipinski definition) is 6. The van der Waals surface area contributed by atoms with Crippen molar-refractivity contribution in [2.75, 3.05) is 25.3 Å². The fourth-order valence-corrected chi connectivity index (χ4v) is 3.62. The van der Waals surface area contributed by atoms with Gasteiger partial charge in [-0.05, 0) is 25.1 Å². The molecule has 1 aromatic heterocycles. The summed E-state index contributed by atoms with van der Waals surface area (Å²) < 4.78 is 10.5. The van der Waals surface area contributed by atoms with Crippen LogP contribution in [0.25, 0.3) is 11.3 Å². The molecule has 0 aliphatic carbocycles. The first-order valence-corrected chi connectivity index (χ1v) is 10.1. The molecule has 1 amide bonds. The van der Waals surface area contributed by atoms with Gasteiger partial charge in [-0.25, -0.2) is 9.97 Å². The minimum Gasteiger partial charge on any atom is -0.497 e. The first-order chi connectivity index (χ1) is 14.1. The molecule has 1 N–H and O–H groups in total. The normalized spacial score (nSPS) is 10.4. The quantitative estimate of drug-likeness (QED) is 0.433. The summed E-state index contributed by atoms with van der Waals surface area (Å²) in [6, 6.07) is 17.2. The van der Waals surface area contributed by atoms with Gasteiger partial charge in [0.05, 0.1) is 25.6 Å². The van der Waals surface area contributed by atoms with Crippen LogP contribution in [0.4, 0.5) is 5.69 Å². The van der Waals surface area contributed by atoms with Crippen molar-refractivity contribution in [1.82, 2.24) is 9.97 Å². The van der Waals surface area contributed by atoms with Crippen LogP contribution in [0.15, 0.2) is 59.6 Å². The highest BCUT2D eigenvalue weighted by molar-refractivity contribution is 7.99. The summed E-state index contributed by atoms with van der Waals surface area (Å²) in [4.78, 5) is 21.3. The number of nitrogens with zero attached hydrogens (tertiary/aromatic N) is 2. The van der Waals surface area contributed by atoms with Gasteiger partial charge in [-0.2, -0.15) is 0 Å². The molecule has 0 saturated carbocycles. The van der Waals surface area contributed by atoms with E-state index in [9.17, 15) is 4.79 Å². The number of rotatable bonds is 8. The summed E-state index contributed by atoms with van der Waals surface area (Å²) in [6.45, 7) is 1.87. The van der Waals surface area contributed by atoms with E-state index in [-0.39, 0.29) is 5.91 Å². The lowest BCUT2D eigenvalue weighted by molar-refractivity contribution is -0.115. The third kappa shape index (κ3) is 5.71. The monoisotopic (exact) mass is 409 g/mol. The topological polar surface area (TPSA) is 73.3 Å². The number of anilines is 1. The molecule has 3 rings (SSSR count). The largest absolute Gasteiger partial charge is 0.497 e. The zero-order valence-electron chi connectivity index (χ0n) is 16.6. The average Bonchev–Trinajstić information content (AvgIpc) is 2.74. The van der Waals surface area contributed by atoms with Gasteiger partial charge in [0.1, 0.15) is 22.3 Å². The van der Waals surface area contributed by atoms with E-state index in [1.807, 2.05) is 43.3 Å². The van der Waals surface area contributed by atoms with Crippen molar-refractivity contribution < 1.29 is 14.3 Å². The predicted molar refractivity (Wildman–Crippen MR) is 116 cm³/mol. The lowest BCUT2D eigenvalue weighted by Gasteiger charge is -2.11. The Kier molecular flexibility index (Phi) is 7.08. The summed E-state index contributed by atoms with van der Waals surface area (Å²) in [6.07, 6.45) is 0.351. The van der Waals surface area contributed by atoms with Crippen LogP contribution in [0.5, 0.6) is 11.5 Å². The van der Waals surface area contributed by atoms with Gasteiger partial charge in [-0.1, -0.05) is 30.3 Å². The van der Waals surface area contributed by atoms with Crippen LogP contribution in [-0.2, 0) is 4.79 Å². The number of carbonyl (C=O) groups is 1. The number of amides is 1. The standard InChI is InChI=1S/C22H23N3O3S/c1-15-23-19(16-7-5-4-6-8-16)14-22(24-15)29-12-11-21(26)25-18-10-9-17(27-2)13-20(18)28-3/h4-10,13-14H,11-12H2,1-3H3,(H,25,26). The van der Waals surface area contributed by atoms with Gasteiger partial charge in [-0.15, -0.1) is 11.8 Å². The van der Waals surface area contributed by atoms with Gasteiger partial charge >= 0.3 is 0 Å². The van der Waals surface area contributed by atoms with E-state index in [0.717, 1.165) is 16.3 Å². The second kappa shape index (κ2) is 9.93. The molecule has 0 aliphatic heterocycles. The van der Waals surface area contributed by atoms with E-state index in [1.54, 1.807) is 32.4 Å². The number of aromatic nitrogens is 2. The maximum atomic E-state index is 12.3. The SMILES string of the molecule is COc1ccc(NC(=O)CCSc2cc(-c3ccccc3)nc(C)n2)c(OC)c1. The zero-order valence-corrected chi connectivity index (χ0v) is 17.5. The molecule has 0 bridgehead atoms. The van der Waals surface area contributed by atoms with Crippen molar-refractivity contribution in [3.63, 3.8) is 0 Å². The highest BCUT2D eigenvalue weighted by Gasteiger charge is 2.10. The Morgan fingerprint density at radius 1 is 1.03 bits per heavy atom. The molecule has 3 aromatic rings. The second-order valence-corrected chi connectivity index (χ2v) is 7.33. The molecule has 7 heteroatoms. The maximum absolute atomic E-state index is 12.3. The smallest absolute Gasteiger partial charge is 0.225 e. The van der Waals surface area contributed by atoms with E-state index < -0.39 is 0 Å². The molecule has 0 atom stereocenters. The van der Waals surface area contributed by atoms with Crippen molar-refractivity contribution >= 4 is 23.4 Å². The first-order valence-electron chi connectivity index (χ1n) is 9.15. The number of nitrogens with one attached hydrogen (secondary N) is 1. The number of ether oxygens (including phenoxy) is 2. The highest BCUT2D eigenvalue weighted by Crippen LogP contribution is 2.29. The summed E-state index contributed by atoms with van der Waals surface area (Å²) in [5.41, 5.74) is 2.55. The van der Waals surface area contributed by atoms with Crippen molar-refractivity contribution in [3.05, 3.63) is 60.4 Å². The number of carbonyl (C=O) groups excluding carboxylic acids is 1. The molecular formula is C22H23N3O3S. The average molecular weight is 410 g/mol. The fourth-order valence-electron chi connectivity index (χ4n) is 2.73. The van der Waals surface area contributed by atoms with Gasteiger partial charge in [0, 0.05) is 23.8 Å². The summed E-state index contributed by atoms with van der Waals surface area (Å²) in [5.74, 6) is 2.46. The summed E-state index contributed by atoms with van der Waals surface area (Å²) >= 11 is 1.54. The molecule has 0 radical (unpaired) electrons. The predicted octanol–water partition coefficient (Wildman–Crippen LogP) is 4.59. The Bertz CT molecular complexity index is 980. The van der Waals surface area contributed by atoms with Gasteiger partial charge in [-0.3, -0.25) is 4.79 Å². The first kappa shape index (κ1) is 20.7. The Labute approximate surface area is 174 Å². The lowest BCUT2D eigenvalue weighted by Crippen LogP contribution is -2.13. The Morgan fingerprint density at radius 2 is 1.83 bits per heavy atom. The van der Waals surface area contributed by atoms with E-state index in [0.29, 0.717) is 35.2 Å². The van der Waals surface area contributed by atoms with Crippen LogP contribution >= 0.6 is 11.8 Å².